The predicted molar refractivity (Wildman–Crippen MR) is 53.7 cm³/mol. The van der Waals surface area contributed by atoms with Gasteiger partial charge < -0.3 is 4.98 Å². The van der Waals surface area contributed by atoms with Crippen LogP contribution in [-0.2, 0) is 0 Å². The van der Waals surface area contributed by atoms with Gasteiger partial charge in [0.05, 0.1) is 0 Å². The lowest BCUT2D eigenvalue weighted by Gasteiger charge is -1.95. The highest BCUT2D eigenvalue weighted by atomic mass is 16.1. The van der Waals surface area contributed by atoms with E-state index in [1.165, 1.54) is 0 Å². The van der Waals surface area contributed by atoms with Crippen LogP contribution in [0.2, 0.25) is 0 Å². The lowest BCUT2D eigenvalue weighted by Crippen LogP contribution is -2.00. The summed E-state index contributed by atoms with van der Waals surface area (Å²) in [7, 11) is 5.63. The zero-order valence-electron chi connectivity index (χ0n) is 7.29. The van der Waals surface area contributed by atoms with Crippen molar-refractivity contribution in [3.8, 4) is 0 Å². The third-order valence-electron chi connectivity index (χ3n) is 2.09. The van der Waals surface area contributed by atoms with Crippen LogP contribution < -0.4 is 5.46 Å². The Bertz CT molecular complexity index is 473. The van der Waals surface area contributed by atoms with E-state index in [1.807, 2.05) is 18.2 Å². The number of carbonyl (C=O) groups excluding carboxylic acids is 1. The van der Waals surface area contributed by atoms with Crippen LogP contribution in [0.3, 0.4) is 0 Å². The Kier molecular flexibility index (Phi) is 1.73. The molecule has 1 heterocycles. The molecular weight excluding hydrogens is 161 g/mol. The molecule has 2 radical (unpaired) electrons. The van der Waals surface area contributed by atoms with E-state index in [0.29, 0.717) is 11.0 Å². The smallest absolute Gasteiger partial charge is 0.161 e. The van der Waals surface area contributed by atoms with Crippen LogP contribution in [0.5, 0.6) is 0 Å². The highest BCUT2D eigenvalue weighted by Gasteiger charge is 2.06. The average molecular weight is 169 g/mol. The standard InChI is InChI=1S/C10H8BNO/c1-6(13)9-5-12-10-3-2-7(11)4-8(9)10/h2-5,12H,1H3. The van der Waals surface area contributed by atoms with E-state index in [4.69, 9.17) is 7.85 Å². The minimum atomic E-state index is 0.0526. The molecule has 0 bridgehead atoms. The minimum absolute atomic E-state index is 0.0526. The van der Waals surface area contributed by atoms with Crippen molar-refractivity contribution < 1.29 is 4.79 Å². The Morgan fingerprint density at radius 2 is 2.23 bits per heavy atom. The molecule has 2 aromatic rings. The highest BCUT2D eigenvalue weighted by molar-refractivity contribution is 6.33. The molecule has 0 saturated carbocycles. The Labute approximate surface area is 77.4 Å². The molecule has 0 amide bonds. The molecule has 62 valence electrons. The molecule has 0 aliphatic carbocycles. The quantitative estimate of drug-likeness (QED) is 0.504. The van der Waals surface area contributed by atoms with E-state index in [0.717, 1.165) is 10.9 Å². The number of nitrogens with one attached hydrogen (secondary N) is 1. The topological polar surface area (TPSA) is 32.9 Å². The van der Waals surface area contributed by atoms with E-state index in [9.17, 15) is 4.79 Å². The summed E-state index contributed by atoms with van der Waals surface area (Å²) in [5.74, 6) is 0.0526. The molecular formula is C10H8BNO. The summed E-state index contributed by atoms with van der Waals surface area (Å²) >= 11 is 0. The lowest BCUT2D eigenvalue weighted by atomic mass is 9.94. The molecule has 0 atom stereocenters. The van der Waals surface area contributed by atoms with Gasteiger partial charge in [-0.25, -0.2) is 0 Å². The van der Waals surface area contributed by atoms with Crippen LogP contribution >= 0.6 is 0 Å². The van der Waals surface area contributed by atoms with Crippen molar-refractivity contribution in [3.63, 3.8) is 0 Å². The van der Waals surface area contributed by atoms with Gasteiger partial charge in [0.2, 0.25) is 0 Å². The van der Waals surface area contributed by atoms with E-state index < -0.39 is 0 Å². The van der Waals surface area contributed by atoms with E-state index in [-0.39, 0.29) is 5.78 Å². The number of aromatic nitrogens is 1. The van der Waals surface area contributed by atoms with Gasteiger partial charge in [-0.3, -0.25) is 4.79 Å². The number of hydrogen-bond acceptors (Lipinski definition) is 1. The molecule has 0 spiro atoms. The van der Waals surface area contributed by atoms with Crippen molar-refractivity contribution in [2.45, 2.75) is 6.92 Å². The lowest BCUT2D eigenvalue weighted by molar-refractivity contribution is 0.101. The fraction of sp³-hybridized carbons (Fsp3) is 0.100. The number of ketones is 1. The fourth-order valence-corrected chi connectivity index (χ4v) is 1.43. The molecule has 2 rings (SSSR count). The van der Waals surface area contributed by atoms with Gasteiger partial charge in [-0.2, -0.15) is 0 Å². The van der Waals surface area contributed by atoms with Crippen molar-refractivity contribution in [2.75, 3.05) is 0 Å². The summed E-state index contributed by atoms with van der Waals surface area (Å²) in [6.07, 6.45) is 1.71. The second kappa shape index (κ2) is 2.77. The van der Waals surface area contributed by atoms with Gasteiger partial charge in [-0.15, -0.1) is 0 Å². The average Bonchev–Trinajstić information content (AvgIpc) is 2.46. The molecule has 0 aliphatic rings. The molecule has 13 heavy (non-hydrogen) atoms. The Hall–Kier alpha value is -1.51. The third-order valence-corrected chi connectivity index (χ3v) is 2.09. The number of fused-ring (bicyclic) bond motifs is 1. The van der Waals surface area contributed by atoms with Crippen LogP contribution in [-0.4, -0.2) is 18.6 Å². The van der Waals surface area contributed by atoms with Crippen LogP contribution in [0.1, 0.15) is 17.3 Å². The molecule has 2 nitrogen and oxygen atoms in total. The van der Waals surface area contributed by atoms with Crippen LogP contribution in [0.25, 0.3) is 10.9 Å². The molecule has 0 saturated heterocycles. The summed E-state index contributed by atoms with van der Waals surface area (Å²) in [5, 5.41) is 0.896. The van der Waals surface area contributed by atoms with Crippen molar-refractivity contribution in [2.24, 2.45) is 0 Å². The number of hydrogen-bond donors (Lipinski definition) is 1. The molecule has 1 N–H and O–H groups in total. The van der Waals surface area contributed by atoms with Crippen molar-refractivity contribution in [1.29, 1.82) is 0 Å². The summed E-state index contributed by atoms with van der Waals surface area (Å²) < 4.78 is 0. The van der Waals surface area contributed by atoms with Crippen molar-refractivity contribution in [3.05, 3.63) is 30.0 Å². The summed E-state index contributed by atoms with van der Waals surface area (Å²) in [6, 6.07) is 5.49. The van der Waals surface area contributed by atoms with Gasteiger partial charge in [0, 0.05) is 22.7 Å². The second-order valence-corrected chi connectivity index (χ2v) is 3.06. The molecule has 3 heteroatoms. The number of aromatic amines is 1. The van der Waals surface area contributed by atoms with Gasteiger partial charge in [-0.05, 0) is 13.0 Å². The second-order valence-electron chi connectivity index (χ2n) is 3.06. The number of carbonyl (C=O) groups is 1. The maximum Gasteiger partial charge on any atom is 0.161 e. The Morgan fingerprint density at radius 3 is 2.92 bits per heavy atom. The number of rotatable bonds is 1. The van der Waals surface area contributed by atoms with Crippen LogP contribution in [0, 0.1) is 0 Å². The monoisotopic (exact) mass is 169 g/mol. The molecule has 1 aromatic heterocycles. The first kappa shape index (κ1) is 8.11. The van der Waals surface area contributed by atoms with E-state index in [1.54, 1.807) is 13.1 Å². The highest BCUT2D eigenvalue weighted by Crippen LogP contribution is 2.16. The van der Waals surface area contributed by atoms with Crippen LogP contribution in [0.15, 0.2) is 24.4 Å². The molecule has 0 fully saturated rings. The van der Waals surface area contributed by atoms with Gasteiger partial charge in [0.1, 0.15) is 7.85 Å². The number of Topliss-reactive ketones (excluding diaryl/α,β-unsaturated/α-hetero) is 1. The van der Waals surface area contributed by atoms with E-state index >= 15 is 0 Å². The SMILES string of the molecule is [B]c1ccc2[nH]cc(C(C)=O)c2c1. The first-order valence-electron chi connectivity index (χ1n) is 4.06. The normalized spacial score (nSPS) is 10.5. The first-order chi connectivity index (χ1) is 6.18. The number of benzene rings is 1. The van der Waals surface area contributed by atoms with Gasteiger partial charge in [-0.1, -0.05) is 17.6 Å². The molecule has 0 aliphatic heterocycles. The summed E-state index contributed by atoms with van der Waals surface area (Å²) in [5.41, 5.74) is 2.32. The molecule has 0 unspecified atom stereocenters. The van der Waals surface area contributed by atoms with E-state index in [2.05, 4.69) is 4.98 Å². The summed E-state index contributed by atoms with van der Waals surface area (Å²) in [4.78, 5) is 14.2. The van der Waals surface area contributed by atoms with Gasteiger partial charge in [0.15, 0.2) is 5.78 Å². The largest absolute Gasteiger partial charge is 0.360 e. The zero-order valence-corrected chi connectivity index (χ0v) is 7.29. The van der Waals surface area contributed by atoms with Crippen LogP contribution in [0.4, 0.5) is 0 Å². The fourth-order valence-electron chi connectivity index (χ4n) is 1.43. The zero-order chi connectivity index (χ0) is 9.42. The Balaban J connectivity index is 2.79. The van der Waals surface area contributed by atoms with Crippen molar-refractivity contribution in [1.82, 2.24) is 4.98 Å². The summed E-state index contributed by atoms with van der Waals surface area (Å²) in [6.45, 7) is 1.55. The van der Waals surface area contributed by atoms with Crippen molar-refractivity contribution >= 4 is 30.0 Å². The minimum Gasteiger partial charge on any atom is -0.360 e. The first-order valence-corrected chi connectivity index (χ1v) is 4.06. The maximum absolute atomic E-state index is 11.2. The Morgan fingerprint density at radius 1 is 1.46 bits per heavy atom. The molecule has 1 aromatic carbocycles. The number of H-pyrrole nitrogens is 1. The predicted octanol–water partition coefficient (Wildman–Crippen LogP) is 1.16. The third kappa shape index (κ3) is 1.26. The maximum atomic E-state index is 11.2. The van der Waals surface area contributed by atoms with Gasteiger partial charge >= 0.3 is 0 Å². The van der Waals surface area contributed by atoms with Gasteiger partial charge in [0.25, 0.3) is 0 Å².